The SMILES string of the molecule is O=C(CN1CCSC1=O)Nc1ccc2c(c1F)CCNC2. The van der Waals surface area contributed by atoms with Crippen LogP contribution in [-0.2, 0) is 17.8 Å². The monoisotopic (exact) mass is 309 g/mol. The number of fused-ring (bicyclic) bond motifs is 1. The number of hydrogen-bond donors (Lipinski definition) is 2. The molecule has 0 aliphatic carbocycles. The van der Waals surface area contributed by atoms with E-state index in [9.17, 15) is 14.0 Å². The zero-order chi connectivity index (χ0) is 14.8. The molecule has 0 spiro atoms. The van der Waals surface area contributed by atoms with Gasteiger partial charge in [-0.25, -0.2) is 4.39 Å². The third-order valence-corrected chi connectivity index (χ3v) is 4.55. The van der Waals surface area contributed by atoms with E-state index in [-0.39, 0.29) is 29.2 Å². The number of carbonyl (C=O) groups is 2. The Morgan fingerprint density at radius 2 is 2.33 bits per heavy atom. The van der Waals surface area contributed by atoms with Gasteiger partial charge in [0.1, 0.15) is 12.4 Å². The second-order valence-electron chi connectivity index (χ2n) is 5.08. The third kappa shape index (κ3) is 3.03. The third-order valence-electron chi connectivity index (χ3n) is 3.66. The molecule has 0 saturated carbocycles. The summed E-state index contributed by atoms with van der Waals surface area (Å²) in [6, 6.07) is 3.41. The summed E-state index contributed by atoms with van der Waals surface area (Å²) in [6.07, 6.45) is 0.617. The molecule has 112 valence electrons. The van der Waals surface area contributed by atoms with Crippen LogP contribution in [0.5, 0.6) is 0 Å². The predicted octanol–water partition coefficient (Wildman–Crippen LogP) is 1.58. The van der Waals surface area contributed by atoms with E-state index in [2.05, 4.69) is 10.6 Å². The quantitative estimate of drug-likeness (QED) is 0.890. The van der Waals surface area contributed by atoms with E-state index in [0.29, 0.717) is 30.8 Å². The Morgan fingerprint density at radius 1 is 1.48 bits per heavy atom. The van der Waals surface area contributed by atoms with E-state index < -0.39 is 0 Å². The van der Waals surface area contributed by atoms with E-state index in [4.69, 9.17) is 0 Å². The van der Waals surface area contributed by atoms with Crippen LogP contribution in [0.15, 0.2) is 12.1 Å². The minimum absolute atomic E-state index is 0.0239. The maximum atomic E-state index is 14.4. The van der Waals surface area contributed by atoms with Gasteiger partial charge in [-0.1, -0.05) is 17.8 Å². The van der Waals surface area contributed by atoms with Crippen LogP contribution in [0.4, 0.5) is 14.9 Å². The number of rotatable bonds is 3. The molecular weight excluding hydrogens is 293 g/mol. The van der Waals surface area contributed by atoms with E-state index in [1.165, 1.54) is 16.7 Å². The predicted molar refractivity (Wildman–Crippen MR) is 79.9 cm³/mol. The van der Waals surface area contributed by atoms with Crippen LogP contribution in [0.25, 0.3) is 0 Å². The molecule has 2 aliphatic heterocycles. The molecule has 1 fully saturated rings. The van der Waals surface area contributed by atoms with Crippen molar-refractivity contribution >= 4 is 28.6 Å². The van der Waals surface area contributed by atoms with Crippen LogP contribution >= 0.6 is 11.8 Å². The van der Waals surface area contributed by atoms with E-state index in [0.717, 1.165) is 12.1 Å². The first-order chi connectivity index (χ1) is 10.1. The fourth-order valence-corrected chi connectivity index (χ4v) is 3.39. The number of nitrogens with one attached hydrogen (secondary N) is 2. The minimum atomic E-state index is -0.362. The summed E-state index contributed by atoms with van der Waals surface area (Å²) in [6.45, 7) is 1.93. The Kier molecular flexibility index (Phi) is 4.12. The molecule has 2 heterocycles. The molecule has 1 aromatic carbocycles. The fraction of sp³-hybridized carbons (Fsp3) is 0.429. The fourth-order valence-electron chi connectivity index (χ4n) is 2.56. The standard InChI is InChI=1S/C14H16FN3O2S/c15-13-10-3-4-16-7-9(10)1-2-11(13)17-12(19)8-18-5-6-21-14(18)20/h1-2,16H,3-8H2,(H,17,19). The van der Waals surface area contributed by atoms with Crippen molar-refractivity contribution in [3.63, 3.8) is 0 Å². The van der Waals surface area contributed by atoms with Crippen molar-refractivity contribution in [1.82, 2.24) is 10.2 Å². The summed E-state index contributed by atoms with van der Waals surface area (Å²) in [7, 11) is 0. The minimum Gasteiger partial charge on any atom is -0.323 e. The molecule has 0 bridgehead atoms. The van der Waals surface area contributed by atoms with Gasteiger partial charge in [0.2, 0.25) is 5.91 Å². The number of carbonyl (C=O) groups excluding carboxylic acids is 2. The smallest absolute Gasteiger partial charge is 0.282 e. The molecule has 5 nitrogen and oxygen atoms in total. The van der Waals surface area contributed by atoms with Crippen molar-refractivity contribution in [2.24, 2.45) is 0 Å². The summed E-state index contributed by atoms with van der Waals surface area (Å²) < 4.78 is 14.4. The first-order valence-corrected chi connectivity index (χ1v) is 7.86. The molecule has 2 aliphatic rings. The first-order valence-electron chi connectivity index (χ1n) is 6.87. The van der Waals surface area contributed by atoms with E-state index in [1.807, 2.05) is 6.07 Å². The number of amides is 2. The van der Waals surface area contributed by atoms with Crippen LogP contribution in [0.2, 0.25) is 0 Å². The Labute approximate surface area is 126 Å². The first kappa shape index (κ1) is 14.3. The summed E-state index contributed by atoms with van der Waals surface area (Å²) in [5, 5.41) is 5.66. The zero-order valence-electron chi connectivity index (χ0n) is 11.4. The van der Waals surface area contributed by atoms with Crippen molar-refractivity contribution in [3.8, 4) is 0 Å². The molecular formula is C14H16FN3O2S. The summed E-state index contributed by atoms with van der Waals surface area (Å²) in [5.74, 6) is -0.0186. The maximum Gasteiger partial charge on any atom is 0.282 e. The Bertz CT molecular complexity index is 594. The molecule has 0 aromatic heterocycles. The molecule has 1 saturated heterocycles. The van der Waals surface area contributed by atoms with E-state index in [1.54, 1.807) is 6.07 Å². The summed E-state index contributed by atoms with van der Waals surface area (Å²) in [5.41, 5.74) is 1.79. The average Bonchev–Trinajstić information content (AvgIpc) is 2.87. The van der Waals surface area contributed by atoms with Gasteiger partial charge in [0.15, 0.2) is 0 Å². The van der Waals surface area contributed by atoms with Gasteiger partial charge in [-0.15, -0.1) is 0 Å². The Balaban J connectivity index is 1.70. The van der Waals surface area contributed by atoms with Crippen molar-refractivity contribution < 1.29 is 14.0 Å². The summed E-state index contributed by atoms with van der Waals surface area (Å²) >= 11 is 1.20. The molecule has 2 amide bonds. The molecule has 1 aromatic rings. The highest BCUT2D eigenvalue weighted by Crippen LogP contribution is 2.24. The van der Waals surface area contributed by atoms with Gasteiger partial charge >= 0.3 is 0 Å². The molecule has 0 radical (unpaired) electrons. The molecule has 2 N–H and O–H groups in total. The lowest BCUT2D eigenvalue weighted by atomic mass is 9.99. The van der Waals surface area contributed by atoms with Crippen molar-refractivity contribution in [2.45, 2.75) is 13.0 Å². The zero-order valence-corrected chi connectivity index (χ0v) is 12.3. The van der Waals surface area contributed by atoms with Crippen molar-refractivity contribution in [2.75, 3.05) is 30.7 Å². The highest BCUT2D eigenvalue weighted by molar-refractivity contribution is 8.13. The molecule has 3 rings (SSSR count). The highest BCUT2D eigenvalue weighted by atomic mass is 32.2. The Morgan fingerprint density at radius 3 is 3.10 bits per heavy atom. The lowest BCUT2D eigenvalue weighted by molar-refractivity contribution is -0.116. The largest absolute Gasteiger partial charge is 0.323 e. The molecule has 0 unspecified atom stereocenters. The second-order valence-corrected chi connectivity index (χ2v) is 6.12. The number of thioether (sulfide) groups is 1. The van der Waals surface area contributed by atoms with Gasteiger partial charge in [-0.3, -0.25) is 9.59 Å². The molecule has 7 heteroatoms. The van der Waals surface area contributed by atoms with Crippen molar-refractivity contribution in [3.05, 3.63) is 29.1 Å². The van der Waals surface area contributed by atoms with Gasteiger partial charge in [-0.05, 0) is 30.2 Å². The highest BCUT2D eigenvalue weighted by Gasteiger charge is 2.24. The van der Waals surface area contributed by atoms with Crippen LogP contribution in [0.1, 0.15) is 11.1 Å². The Hall–Kier alpha value is -1.60. The topological polar surface area (TPSA) is 61.4 Å². The van der Waals surface area contributed by atoms with Crippen LogP contribution in [0, 0.1) is 5.82 Å². The second kappa shape index (κ2) is 6.03. The molecule has 0 atom stereocenters. The van der Waals surface area contributed by atoms with Crippen LogP contribution in [-0.4, -0.2) is 41.4 Å². The molecule has 21 heavy (non-hydrogen) atoms. The average molecular weight is 309 g/mol. The number of halogens is 1. The number of nitrogens with zero attached hydrogens (tertiary/aromatic N) is 1. The van der Waals surface area contributed by atoms with E-state index >= 15 is 0 Å². The lowest BCUT2D eigenvalue weighted by Crippen LogP contribution is -2.33. The van der Waals surface area contributed by atoms with Crippen LogP contribution < -0.4 is 10.6 Å². The van der Waals surface area contributed by atoms with Gasteiger partial charge in [0.25, 0.3) is 5.24 Å². The van der Waals surface area contributed by atoms with Gasteiger partial charge in [0, 0.05) is 18.8 Å². The van der Waals surface area contributed by atoms with Gasteiger partial charge in [0.05, 0.1) is 5.69 Å². The lowest BCUT2D eigenvalue weighted by Gasteiger charge is -2.20. The van der Waals surface area contributed by atoms with Crippen molar-refractivity contribution in [1.29, 1.82) is 0 Å². The number of benzene rings is 1. The maximum absolute atomic E-state index is 14.4. The van der Waals surface area contributed by atoms with Crippen LogP contribution in [0.3, 0.4) is 0 Å². The van der Waals surface area contributed by atoms with Gasteiger partial charge < -0.3 is 15.5 Å². The number of anilines is 1. The normalized spacial score (nSPS) is 17.8. The number of hydrogen-bond acceptors (Lipinski definition) is 4. The summed E-state index contributed by atoms with van der Waals surface area (Å²) in [4.78, 5) is 24.9. The van der Waals surface area contributed by atoms with Gasteiger partial charge in [-0.2, -0.15) is 0 Å².